The van der Waals surface area contributed by atoms with Crippen LogP contribution >= 0.6 is 0 Å². The highest BCUT2D eigenvalue weighted by Crippen LogP contribution is 2.17. The number of aryl methyl sites for hydroxylation is 1. The molecule has 0 saturated carbocycles. The molecule has 2 rings (SSSR count). The van der Waals surface area contributed by atoms with E-state index in [4.69, 9.17) is 0 Å². The van der Waals surface area contributed by atoms with Crippen molar-refractivity contribution >= 4 is 5.91 Å². The van der Waals surface area contributed by atoms with Crippen LogP contribution in [0.1, 0.15) is 35.5 Å². The first-order chi connectivity index (χ1) is 9.00. The number of nitrogens with one attached hydrogen (secondary N) is 1. The molecule has 1 aromatic carbocycles. The second-order valence-electron chi connectivity index (χ2n) is 4.97. The van der Waals surface area contributed by atoms with E-state index in [2.05, 4.69) is 10.4 Å². The van der Waals surface area contributed by atoms with Crippen molar-refractivity contribution in [1.82, 2.24) is 15.1 Å². The van der Waals surface area contributed by atoms with E-state index in [1.807, 2.05) is 56.6 Å². The normalized spacial score (nSPS) is 10.8. The van der Waals surface area contributed by atoms with Crippen LogP contribution in [0.4, 0.5) is 0 Å². The van der Waals surface area contributed by atoms with Crippen LogP contribution in [0.3, 0.4) is 0 Å². The van der Waals surface area contributed by atoms with Crippen molar-refractivity contribution in [2.24, 2.45) is 0 Å². The van der Waals surface area contributed by atoms with E-state index in [1.54, 1.807) is 6.20 Å². The van der Waals surface area contributed by atoms with Gasteiger partial charge in [-0.05, 0) is 39.3 Å². The highest BCUT2D eigenvalue weighted by atomic mass is 16.1. The number of benzene rings is 1. The number of rotatable bonds is 3. The van der Waals surface area contributed by atoms with E-state index >= 15 is 0 Å². The van der Waals surface area contributed by atoms with Gasteiger partial charge in [0.1, 0.15) is 0 Å². The van der Waals surface area contributed by atoms with Crippen LogP contribution in [0.2, 0.25) is 0 Å². The van der Waals surface area contributed by atoms with Crippen LogP contribution < -0.4 is 5.32 Å². The van der Waals surface area contributed by atoms with Crippen molar-refractivity contribution in [2.75, 3.05) is 0 Å². The number of amides is 1. The third kappa shape index (κ3) is 2.67. The third-order valence-corrected chi connectivity index (χ3v) is 3.02. The first-order valence-electron chi connectivity index (χ1n) is 6.42. The van der Waals surface area contributed by atoms with Crippen molar-refractivity contribution < 1.29 is 4.79 Å². The second-order valence-corrected chi connectivity index (χ2v) is 4.97. The summed E-state index contributed by atoms with van der Waals surface area (Å²) < 4.78 is 1.81. The molecule has 4 nitrogen and oxygen atoms in total. The lowest BCUT2D eigenvalue weighted by molar-refractivity contribution is 0.0942. The monoisotopic (exact) mass is 257 g/mol. The summed E-state index contributed by atoms with van der Waals surface area (Å²) in [5.74, 6) is -0.0765. The van der Waals surface area contributed by atoms with Crippen molar-refractivity contribution in [3.63, 3.8) is 0 Å². The van der Waals surface area contributed by atoms with Gasteiger partial charge in [0.05, 0.1) is 23.1 Å². The van der Waals surface area contributed by atoms with Crippen LogP contribution in [-0.4, -0.2) is 21.7 Å². The number of nitrogens with zero attached hydrogens (tertiary/aromatic N) is 2. The molecule has 1 amide bonds. The maximum atomic E-state index is 12.0. The molecule has 100 valence electrons. The molecule has 0 aliphatic heterocycles. The predicted octanol–water partition coefficient (Wildman–Crippen LogP) is 2.63. The van der Waals surface area contributed by atoms with Gasteiger partial charge in [-0.3, -0.25) is 4.79 Å². The highest BCUT2D eigenvalue weighted by molar-refractivity contribution is 5.95. The standard InChI is InChI=1S/C15H19N3O/c1-10(2)17-15(19)13-9-16-18(12(13)4)14-8-6-5-7-11(14)3/h5-10H,1-4H3,(H,17,19). The SMILES string of the molecule is Cc1ccccc1-n1ncc(C(=O)NC(C)C)c1C. The maximum Gasteiger partial charge on any atom is 0.254 e. The average Bonchev–Trinajstić information content (AvgIpc) is 2.71. The Balaban J connectivity index is 2.39. The van der Waals surface area contributed by atoms with Crippen molar-refractivity contribution in [3.8, 4) is 5.69 Å². The molecule has 0 bridgehead atoms. The van der Waals surface area contributed by atoms with Crippen molar-refractivity contribution in [2.45, 2.75) is 33.7 Å². The van der Waals surface area contributed by atoms with E-state index in [0.717, 1.165) is 16.9 Å². The summed E-state index contributed by atoms with van der Waals surface area (Å²) in [7, 11) is 0. The van der Waals surface area contributed by atoms with E-state index in [0.29, 0.717) is 5.56 Å². The molecule has 0 saturated heterocycles. The predicted molar refractivity (Wildman–Crippen MR) is 75.6 cm³/mol. The molecule has 2 aromatic rings. The van der Waals surface area contributed by atoms with Gasteiger partial charge in [0.2, 0.25) is 0 Å². The molecule has 0 unspecified atom stereocenters. The van der Waals surface area contributed by atoms with Crippen LogP contribution in [0.25, 0.3) is 5.69 Å². The number of hydrogen-bond donors (Lipinski definition) is 1. The average molecular weight is 257 g/mol. The Bertz CT molecular complexity index is 599. The summed E-state index contributed by atoms with van der Waals surface area (Å²) in [4.78, 5) is 12.0. The van der Waals surface area contributed by atoms with Gasteiger partial charge in [0.25, 0.3) is 5.91 Å². The summed E-state index contributed by atoms with van der Waals surface area (Å²) in [6.45, 7) is 7.83. The third-order valence-electron chi connectivity index (χ3n) is 3.02. The fraction of sp³-hybridized carbons (Fsp3) is 0.333. The van der Waals surface area contributed by atoms with Gasteiger partial charge in [-0.25, -0.2) is 4.68 Å². The minimum absolute atomic E-state index is 0.0765. The minimum Gasteiger partial charge on any atom is -0.350 e. The smallest absolute Gasteiger partial charge is 0.254 e. The largest absolute Gasteiger partial charge is 0.350 e. The Kier molecular flexibility index (Phi) is 3.69. The first kappa shape index (κ1) is 13.3. The van der Waals surface area contributed by atoms with Gasteiger partial charge in [-0.1, -0.05) is 18.2 Å². The Morgan fingerprint density at radius 3 is 2.58 bits per heavy atom. The van der Waals surface area contributed by atoms with Crippen LogP contribution in [0.5, 0.6) is 0 Å². The number of hydrogen-bond acceptors (Lipinski definition) is 2. The van der Waals surface area contributed by atoms with Crippen LogP contribution in [-0.2, 0) is 0 Å². The fourth-order valence-corrected chi connectivity index (χ4v) is 2.02. The number of aromatic nitrogens is 2. The molecule has 4 heteroatoms. The van der Waals surface area contributed by atoms with Gasteiger partial charge in [-0.2, -0.15) is 5.10 Å². The molecule has 19 heavy (non-hydrogen) atoms. The van der Waals surface area contributed by atoms with Gasteiger partial charge in [0.15, 0.2) is 0 Å². The maximum absolute atomic E-state index is 12.0. The quantitative estimate of drug-likeness (QED) is 0.918. The Morgan fingerprint density at radius 2 is 1.95 bits per heavy atom. The second kappa shape index (κ2) is 5.26. The lowest BCUT2D eigenvalue weighted by atomic mass is 10.2. The molecule has 0 radical (unpaired) electrons. The zero-order valence-electron chi connectivity index (χ0n) is 11.8. The van der Waals surface area contributed by atoms with Gasteiger partial charge in [0, 0.05) is 6.04 Å². The van der Waals surface area contributed by atoms with Crippen LogP contribution in [0.15, 0.2) is 30.5 Å². The zero-order chi connectivity index (χ0) is 14.0. The summed E-state index contributed by atoms with van der Waals surface area (Å²) in [6, 6.07) is 8.11. The van der Waals surface area contributed by atoms with Gasteiger partial charge in [-0.15, -0.1) is 0 Å². The van der Waals surface area contributed by atoms with Gasteiger partial charge < -0.3 is 5.32 Å². The number of carbonyl (C=O) groups excluding carboxylic acids is 1. The van der Waals surface area contributed by atoms with E-state index in [-0.39, 0.29) is 11.9 Å². The Morgan fingerprint density at radius 1 is 1.26 bits per heavy atom. The molecule has 0 aliphatic rings. The summed E-state index contributed by atoms with van der Waals surface area (Å²) >= 11 is 0. The molecule has 0 fully saturated rings. The highest BCUT2D eigenvalue weighted by Gasteiger charge is 2.16. The van der Waals surface area contributed by atoms with Crippen LogP contribution in [0, 0.1) is 13.8 Å². The molecule has 1 N–H and O–H groups in total. The summed E-state index contributed by atoms with van der Waals surface area (Å²) in [5.41, 5.74) is 3.61. The van der Waals surface area contributed by atoms with E-state index in [1.165, 1.54) is 0 Å². The molecule has 0 aliphatic carbocycles. The number of carbonyl (C=O) groups is 1. The van der Waals surface area contributed by atoms with E-state index < -0.39 is 0 Å². The Labute approximate surface area is 113 Å². The lowest BCUT2D eigenvalue weighted by Gasteiger charge is -2.10. The lowest BCUT2D eigenvalue weighted by Crippen LogP contribution is -2.30. The molecule has 1 heterocycles. The molecule has 0 spiro atoms. The van der Waals surface area contributed by atoms with Crippen molar-refractivity contribution in [1.29, 1.82) is 0 Å². The molecule has 1 aromatic heterocycles. The molecule has 0 atom stereocenters. The molecular formula is C15H19N3O. The Hall–Kier alpha value is -2.10. The summed E-state index contributed by atoms with van der Waals surface area (Å²) in [6.07, 6.45) is 1.62. The van der Waals surface area contributed by atoms with E-state index in [9.17, 15) is 4.79 Å². The topological polar surface area (TPSA) is 46.9 Å². The van der Waals surface area contributed by atoms with Crippen molar-refractivity contribution in [3.05, 3.63) is 47.3 Å². The van der Waals surface area contributed by atoms with Gasteiger partial charge >= 0.3 is 0 Å². The zero-order valence-corrected chi connectivity index (χ0v) is 11.8. The minimum atomic E-state index is -0.0765. The summed E-state index contributed by atoms with van der Waals surface area (Å²) in [5, 5.41) is 7.22. The molecular weight excluding hydrogens is 238 g/mol. The number of para-hydroxylation sites is 1. The fourth-order valence-electron chi connectivity index (χ4n) is 2.02. The first-order valence-corrected chi connectivity index (χ1v) is 6.42.